The molecule has 2 rings (SSSR count). The van der Waals surface area contributed by atoms with Crippen molar-refractivity contribution in [2.45, 2.75) is 0 Å². The Hall–Kier alpha value is -0.840. The number of aliphatic imine (C=N–C) groups is 1. The molecule has 2 aromatic rings. The van der Waals surface area contributed by atoms with Gasteiger partial charge in [0.1, 0.15) is 10.1 Å². The molecule has 5 heteroatoms. The van der Waals surface area contributed by atoms with E-state index in [4.69, 9.17) is 11.6 Å². The van der Waals surface area contributed by atoms with Crippen molar-refractivity contribution in [1.82, 2.24) is 4.98 Å². The fourth-order valence-corrected chi connectivity index (χ4v) is 2.67. The van der Waals surface area contributed by atoms with Crippen LogP contribution in [0.1, 0.15) is 5.01 Å². The van der Waals surface area contributed by atoms with Gasteiger partial charge in [-0.3, -0.25) is 0 Å². The van der Waals surface area contributed by atoms with E-state index in [0.29, 0.717) is 5.02 Å². The van der Waals surface area contributed by atoms with Crippen LogP contribution in [0.15, 0.2) is 40.8 Å². The molecule has 0 N–H and O–H groups in total. The average molecular weight is 269 g/mol. The third-order valence-corrected chi connectivity index (χ3v) is 3.78. The third kappa shape index (κ3) is 2.64. The van der Waals surface area contributed by atoms with E-state index >= 15 is 0 Å². The molecule has 1 aromatic carbocycles. The van der Waals surface area contributed by atoms with Crippen LogP contribution in [0, 0.1) is 0 Å². The second kappa shape index (κ2) is 5.48. The Morgan fingerprint density at radius 1 is 1.44 bits per heavy atom. The number of aromatic nitrogens is 1. The molecule has 0 spiro atoms. The van der Waals surface area contributed by atoms with E-state index in [0.717, 1.165) is 15.7 Å². The molecule has 0 radical (unpaired) electrons. The zero-order valence-corrected chi connectivity index (χ0v) is 10.9. The molecule has 0 saturated carbocycles. The first-order valence-electron chi connectivity index (χ1n) is 4.58. The molecule has 0 fully saturated rings. The Labute approximate surface area is 107 Å². The lowest BCUT2D eigenvalue weighted by atomic mass is 10.3. The number of hydrogen-bond acceptors (Lipinski definition) is 4. The minimum atomic E-state index is 0.658. The van der Waals surface area contributed by atoms with Gasteiger partial charge >= 0.3 is 0 Å². The first-order valence-corrected chi connectivity index (χ1v) is 7.06. The van der Waals surface area contributed by atoms with Gasteiger partial charge in [0.25, 0.3) is 0 Å². The standard InChI is InChI=1S/C11H9ClN2S2/c1-15-11(10-13-6-7-16-10)14-9-5-3-2-4-8(9)12/h2-7H,1H3. The van der Waals surface area contributed by atoms with Crippen molar-refractivity contribution < 1.29 is 0 Å². The molecule has 0 bridgehead atoms. The van der Waals surface area contributed by atoms with Crippen LogP contribution in [-0.4, -0.2) is 16.3 Å². The fourth-order valence-electron chi connectivity index (χ4n) is 1.16. The third-order valence-electron chi connectivity index (χ3n) is 1.88. The first-order chi connectivity index (χ1) is 7.81. The summed E-state index contributed by atoms with van der Waals surface area (Å²) >= 11 is 9.20. The SMILES string of the molecule is CSC(=Nc1ccccc1Cl)c1nccs1. The first kappa shape index (κ1) is 11.6. The van der Waals surface area contributed by atoms with Crippen molar-refractivity contribution in [1.29, 1.82) is 0 Å². The van der Waals surface area contributed by atoms with E-state index in [2.05, 4.69) is 9.98 Å². The average Bonchev–Trinajstić information content (AvgIpc) is 2.81. The monoisotopic (exact) mass is 268 g/mol. The van der Waals surface area contributed by atoms with Crippen molar-refractivity contribution in [2.24, 2.45) is 4.99 Å². The normalized spacial score (nSPS) is 11.8. The summed E-state index contributed by atoms with van der Waals surface area (Å²) in [6, 6.07) is 7.54. The lowest BCUT2D eigenvalue weighted by molar-refractivity contribution is 1.39. The highest BCUT2D eigenvalue weighted by Crippen LogP contribution is 2.26. The van der Waals surface area contributed by atoms with E-state index in [1.807, 2.05) is 35.9 Å². The summed E-state index contributed by atoms with van der Waals surface area (Å²) in [6.07, 6.45) is 3.76. The highest BCUT2D eigenvalue weighted by Gasteiger charge is 2.06. The lowest BCUT2D eigenvalue weighted by Gasteiger charge is -2.01. The van der Waals surface area contributed by atoms with E-state index in [1.165, 1.54) is 0 Å². The van der Waals surface area contributed by atoms with Gasteiger partial charge in [-0.25, -0.2) is 9.98 Å². The maximum Gasteiger partial charge on any atom is 0.148 e. The fraction of sp³-hybridized carbons (Fsp3) is 0.0909. The van der Waals surface area contributed by atoms with Crippen molar-refractivity contribution in [3.8, 4) is 0 Å². The minimum absolute atomic E-state index is 0.658. The molecular formula is C11H9ClN2S2. The molecule has 82 valence electrons. The Morgan fingerprint density at radius 2 is 2.25 bits per heavy atom. The largest absolute Gasteiger partial charge is 0.242 e. The quantitative estimate of drug-likeness (QED) is 0.601. The van der Waals surface area contributed by atoms with E-state index in [-0.39, 0.29) is 0 Å². The topological polar surface area (TPSA) is 25.2 Å². The summed E-state index contributed by atoms with van der Waals surface area (Å²) in [6.45, 7) is 0. The van der Waals surface area contributed by atoms with E-state index in [1.54, 1.807) is 29.3 Å². The maximum absolute atomic E-state index is 6.05. The zero-order chi connectivity index (χ0) is 11.4. The second-order valence-electron chi connectivity index (χ2n) is 2.91. The Bertz CT molecular complexity index is 494. The number of benzene rings is 1. The maximum atomic E-state index is 6.05. The molecule has 16 heavy (non-hydrogen) atoms. The van der Waals surface area contributed by atoms with Gasteiger partial charge in [0.05, 0.1) is 10.7 Å². The molecule has 0 aliphatic rings. The highest BCUT2D eigenvalue weighted by atomic mass is 35.5. The number of thiazole rings is 1. The molecule has 0 amide bonds. The molecule has 0 aliphatic heterocycles. The van der Waals surface area contributed by atoms with Crippen molar-refractivity contribution in [3.05, 3.63) is 45.9 Å². The summed E-state index contributed by atoms with van der Waals surface area (Å²) < 4.78 is 0. The summed E-state index contributed by atoms with van der Waals surface area (Å²) in [4.78, 5) is 8.75. The van der Waals surface area contributed by atoms with Gasteiger partial charge in [0.15, 0.2) is 0 Å². The second-order valence-corrected chi connectivity index (χ2v) is 5.01. The number of halogens is 1. The molecule has 0 unspecified atom stereocenters. The predicted molar refractivity (Wildman–Crippen MR) is 73.3 cm³/mol. The van der Waals surface area contributed by atoms with Gasteiger partial charge < -0.3 is 0 Å². The van der Waals surface area contributed by atoms with Crippen molar-refractivity contribution >= 4 is 45.4 Å². The predicted octanol–water partition coefficient (Wildman–Crippen LogP) is 4.24. The van der Waals surface area contributed by atoms with Gasteiger partial charge in [0.2, 0.25) is 0 Å². The number of rotatable bonds is 2. The van der Waals surface area contributed by atoms with Crippen LogP contribution in [0.2, 0.25) is 5.02 Å². The van der Waals surface area contributed by atoms with Gasteiger partial charge in [-0.15, -0.1) is 23.1 Å². The van der Waals surface area contributed by atoms with Crippen molar-refractivity contribution in [3.63, 3.8) is 0 Å². The molecule has 0 atom stereocenters. The van der Waals surface area contributed by atoms with Crippen molar-refractivity contribution in [2.75, 3.05) is 6.26 Å². The number of para-hydroxylation sites is 1. The molecule has 0 aliphatic carbocycles. The molecule has 0 saturated heterocycles. The van der Waals surface area contributed by atoms with Crippen LogP contribution < -0.4 is 0 Å². The van der Waals surface area contributed by atoms with Crippen LogP contribution in [0.5, 0.6) is 0 Å². The smallest absolute Gasteiger partial charge is 0.148 e. The van der Waals surface area contributed by atoms with Gasteiger partial charge in [-0.05, 0) is 18.4 Å². The summed E-state index contributed by atoms with van der Waals surface area (Å²) in [7, 11) is 0. The Kier molecular flexibility index (Phi) is 3.98. The summed E-state index contributed by atoms with van der Waals surface area (Å²) in [5.41, 5.74) is 0.781. The molecule has 1 aromatic heterocycles. The summed E-state index contributed by atoms with van der Waals surface area (Å²) in [5.74, 6) is 0. The summed E-state index contributed by atoms with van der Waals surface area (Å²) in [5, 5.41) is 4.41. The van der Waals surface area contributed by atoms with E-state index in [9.17, 15) is 0 Å². The number of nitrogens with zero attached hydrogens (tertiary/aromatic N) is 2. The van der Waals surface area contributed by atoms with Gasteiger partial charge in [-0.1, -0.05) is 23.7 Å². The van der Waals surface area contributed by atoms with Crippen LogP contribution in [-0.2, 0) is 0 Å². The Balaban J connectivity index is 2.39. The van der Waals surface area contributed by atoms with Gasteiger partial charge in [0, 0.05) is 11.6 Å². The zero-order valence-electron chi connectivity index (χ0n) is 8.55. The molecular weight excluding hydrogens is 260 g/mol. The van der Waals surface area contributed by atoms with Crippen LogP contribution >= 0.6 is 34.7 Å². The number of thioether (sulfide) groups is 1. The highest BCUT2D eigenvalue weighted by molar-refractivity contribution is 8.14. The van der Waals surface area contributed by atoms with Crippen LogP contribution in [0.25, 0.3) is 0 Å². The number of hydrogen-bond donors (Lipinski definition) is 0. The minimum Gasteiger partial charge on any atom is -0.242 e. The van der Waals surface area contributed by atoms with Crippen LogP contribution in [0.3, 0.4) is 0 Å². The lowest BCUT2D eigenvalue weighted by Crippen LogP contribution is -1.92. The molecule has 1 heterocycles. The Morgan fingerprint density at radius 3 is 2.88 bits per heavy atom. The van der Waals surface area contributed by atoms with E-state index < -0.39 is 0 Å². The van der Waals surface area contributed by atoms with Crippen LogP contribution in [0.4, 0.5) is 5.69 Å². The molecule has 2 nitrogen and oxygen atoms in total. The van der Waals surface area contributed by atoms with Gasteiger partial charge in [-0.2, -0.15) is 0 Å².